The molecule has 0 fully saturated rings. The Morgan fingerprint density at radius 3 is 2.50 bits per heavy atom. The Hall–Kier alpha value is -1.07. The number of nitrogens with one attached hydrogen (secondary N) is 2. The number of aryl methyl sites for hydroxylation is 2. The van der Waals surface area contributed by atoms with E-state index in [1.165, 1.54) is 0 Å². The van der Waals surface area contributed by atoms with E-state index in [0.29, 0.717) is 11.6 Å². The third-order valence-electron chi connectivity index (χ3n) is 3.09. The van der Waals surface area contributed by atoms with Crippen LogP contribution in [0.4, 0.5) is 0 Å². The Morgan fingerprint density at radius 2 is 2.00 bits per heavy atom. The summed E-state index contributed by atoms with van der Waals surface area (Å²) in [6.07, 6.45) is 0.808. The molecule has 0 aromatic carbocycles. The first-order chi connectivity index (χ1) is 9.40. The zero-order chi connectivity index (χ0) is 15.3. The number of hydrogen-bond acceptors (Lipinski definition) is 3. The number of hydrogen-bond donors (Lipinski definition) is 2. The molecule has 1 amide bonds. The van der Waals surface area contributed by atoms with Gasteiger partial charge < -0.3 is 10.6 Å². The van der Waals surface area contributed by atoms with Crippen LogP contribution in [-0.2, 0) is 24.3 Å². The molecule has 0 radical (unpaired) electrons. The molecule has 114 valence electrons. The van der Waals surface area contributed by atoms with E-state index in [1.807, 2.05) is 39.3 Å². The highest BCUT2D eigenvalue weighted by molar-refractivity contribution is 6.31. The molecule has 1 aromatic heterocycles. The fourth-order valence-corrected chi connectivity index (χ4v) is 2.27. The summed E-state index contributed by atoms with van der Waals surface area (Å²) in [6, 6.07) is -0.123. The molecule has 1 rings (SSSR count). The summed E-state index contributed by atoms with van der Waals surface area (Å²) >= 11 is 6.33. The van der Waals surface area contributed by atoms with Gasteiger partial charge in [-0.3, -0.25) is 9.48 Å². The van der Waals surface area contributed by atoms with E-state index in [2.05, 4.69) is 15.7 Å². The van der Waals surface area contributed by atoms with Gasteiger partial charge in [-0.05, 0) is 34.1 Å². The minimum atomic E-state index is -0.265. The second kappa shape index (κ2) is 7.64. The van der Waals surface area contributed by atoms with Gasteiger partial charge in [0.25, 0.3) is 0 Å². The predicted octanol–water partition coefficient (Wildman–Crippen LogP) is 2.12. The van der Waals surface area contributed by atoms with E-state index >= 15 is 0 Å². The fourth-order valence-electron chi connectivity index (χ4n) is 1.94. The van der Waals surface area contributed by atoms with Gasteiger partial charge in [-0.25, -0.2) is 0 Å². The fraction of sp³-hybridized carbons (Fsp3) is 0.714. The second-order valence-electron chi connectivity index (χ2n) is 5.14. The average Bonchev–Trinajstić information content (AvgIpc) is 2.71. The summed E-state index contributed by atoms with van der Waals surface area (Å²) in [5, 5.41) is 11.3. The SMILES string of the molecule is CCc1nn(CC)c(CNC(C)C(=O)NC(C)C)c1Cl. The number of halogens is 1. The maximum Gasteiger partial charge on any atom is 0.237 e. The van der Waals surface area contributed by atoms with Crippen LogP contribution < -0.4 is 10.6 Å². The van der Waals surface area contributed by atoms with Crippen molar-refractivity contribution in [3.63, 3.8) is 0 Å². The Bertz CT molecular complexity index is 456. The van der Waals surface area contributed by atoms with Crippen LogP contribution in [0.15, 0.2) is 0 Å². The molecule has 1 aromatic rings. The largest absolute Gasteiger partial charge is 0.353 e. The number of carbonyl (C=O) groups is 1. The van der Waals surface area contributed by atoms with Crippen LogP contribution in [0.2, 0.25) is 5.02 Å². The van der Waals surface area contributed by atoms with Gasteiger partial charge >= 0.3 is 0 Å². The van der Waals surface area contributed by atoms with Crippen molar-refractivity contribution in [3.8, 4) is 0 Å². The molecule has 0 saturated heterocycles. The maximum absolute atomic E-state index is 11.8. The molecule has 0 aliphatic heterocycles. The van der Waals surface area contributed by atoms with Crippen LogP contribution in [-0.4, -0.2) is 27.8 Å². The maximum atomic E-state index is 11.8. The molecule has 0 aliphatic rings. The molecule has 2 N–H and O–H groups in total. The monoisotopic (exact) mass is 300 g/mol. The van der Waals surface area contributed by atoms with E-state index in [0.717, 1.165) is 24.4 Å². The molecule has 1 atom stereocenters. The van der Waals surface area contributed by atoms with Gasteiger partial charge in [0.1, 0.15) is 0 Å². The zero-order valence-electron chi connectivity index (χ0n) is 13.0. The number of carbonyl (C=O) groups excluding carboxylic acids is 1. The van der Waals surface area contributed by atoms with Crippen molar-refractivity contribution in [2.75, 3.05) is 0 Å². The molecule has 5 nitrogen and oxygen atoms in total. The van der Waals surface area contributed by atoms with Gasteiger partial charge in [0.05, 0.1) is 22.5 Å². The topological polar surface area (TPSA) is 59.0 Å². The minimum absolute atomic E-state index is 0.00518. The van der Waals surface area contributed by atoms with Crippen LogP contribution in [0.5, 0.6) is 0 Å². The van der Waals surface area contributed by atoms with Crippen molar-refractivity contribution in [3.05, 3.63) is 16.4 Å². The van der Waals surface area contributed by atoms with Gasteiger partial charge in [-0.1, -0.05) is 18.5 Å². The molecular formula is C14H25ClN4O. The lowest BCUT2D eigenvalue weighted by Crippen LogP contribution is -2.44. The van der Waals surface area contributed by atoms with Gasteiger partial charge in [-0.2, -0.15) is 5.10 Å². The van der Waals surface area contributed by atoms with E-state index < -0.39 is 0 Å². The highest BCUT2D eigenvalue weighted by atomic mass is 35.5. The van der Waals surface area contributed by atoms with E-state index in [4.69, 9.17) is 11.6 Å². The normalized spacial score (nSPS) is 12.8. The van der Waals surface area contributed by atoms with Crippen LogP contribution in [0.25, 0.3) is 0 Å². The lowest BCUT2D eigenvalue weighted by atomic mass is 10.2. The molecular weight excluding hydrogens is 276 g/mol. The number of rotatable bonds is 7. The number of nitrogens with zero attached hydrogens (tertiary/aromatic N) is 2. The molecule has 0 bridgehead atoms. The lowest BCUT2D eigenvalue weighted by molar-refractivity contribution is -0.123. The van der Waals surface area contributed by atoms with Crippen molar-refractivity contribution >= 4 is 17.5 Å². The molecule has 1 heterocycles. The minimum Gasteiger partial charge on any atom is -0.353 e. The van der Waals surface area contributed by atoms with Gasteiger partial charge in [0.2, 0.25) is 5.91 Å². The standard InChI is InChI=1S/C14H25ClN4O/c1-6-11-13(15)12(19(7-2)18-11)8-16-10(5)14(20)17-9(3)4/h9-10,16H,6-8H2,1-5H3,(H,17,20). The molecule has 20 heavy (non-hydrogen) atoms. The van der Waals surface area contributed by atoms with Crippen molar-refractivity contribution in [1.29, 1.82) is 0 Å². The molecule has 0 aliphatic carbocycles. The highest BCUT2D eigenvalue weighted by Gasteiger charge is 2.17. The predicted molar refractivity (Wildman–Crippen MR) is 81.9 cm³/mol. The molecule has 6 heteroatoms. The van der Waals surface area contributed by atoms with E-state index in [9.17, 15) is 4.79 Å². The summed E-state index contributed by atoms with van der Waals surface area (Å²) in [6.45, 7) is 11.1. The van der Waals surface area contributed by atoms with Crippen LogP contribution >= 0.6 is 11.6 Å². The van der Waals surface area contributed by atoms with Crippen molar-refractivity contribution < 1.29 is 4.79 Å². The number of aromatic nitrogens is 2. The van der Waals surface area contributed by atoms with Crippen LogP contribution in [0.1, 0.15) is 46.0 Å². The van der Waals surface area contributed by atoms with Crippen LogP contribution in [0, 0.1) is 0 Å². The second-order valence-corrected chi connectivity index (χ2v) is 5.52. The van der Waals surface area contributed by atoms with Crippen molar-refractivity contribution in [1.82, 2.24) is 20.4 Å². The average molecular weight is 301 g/mol. The van der Waals surface area contributed by atoms with Gasteiger partial charge in [0.15, 0.2) is 0 Å². The van der Waals surface area contributed by atoms with Gasteiger partial charge in [-0.15, -0.1) is 0 Å². The van der Waals surface area contributed by atoms with Crippen LogP contribution in [0.3, 0.4) is 0 Å². The number of amides is 1. The Labute approximate surface area is 126 Å². The first kappa shape index (κ1) is 17.0. The smallest absolute Gasteiger partial charge is 0.237 e. The van der Waals surface area contributed by atoms with Gasteiger partial charge in [0, 0.05) is 19.1 Å². The zero-order valence-corrected chi connectivity index (χ0v) is 13.7. The third kappa shape index (κ3) is 4.21. The quantitative estimate of drug-likeness (QED) is 0.811. The Kier molecular flexibility index (Phi) is 6.49. The molecule has 0 saturated carbocycles. The van der Waals surface area contributed by atoms with E-state index in [-0.39, 0.29) is 18.0 Å². The summed E-state index contributed by atoms with van der Waals surface area (Å²) in [7, 11) is 0. The summed E-state index contributed by atoms with van der Waals surface area (Å²) < 4.78 is 1.89. The molecule has 1 unspecified atom stereocenters. The summed E-state index contributed by atoms with van der Waals surface area (Å²) in [5.74, 6) is -0.00518. The van der Waals surface area contributed by atoms with Crippen molar-refractivity contribution in [2.24, 2.45) is 0 Å². The third-order valence-corrected chi connectivity index (χ3v) is 3.53. The lowest BCUT2D eigenvalue weighted by Gasteiger charge is -2.16. The highest BCUT2D eigenvalue weighted by Crippen LogP contribution is 2.21. The first-order valence-electron chi connectivity index (χ1n) is 7.18. The van der Waals surface area contributed by atoms with E-state index in [1.54, 1.807) is 0 Å². The Balaban J connectivity index is 2.70. The first-order valence-corrected chi connectivity index (χ1v) is 7.56. The summed E-state index contributed by atoms with van der Waals surface area (Å²) in [4.78, 5) is 11.8. The summed E-state index contributed by atoms with van der Waals surface area (Å²) in [5.41, 5.74) is 1.85. The van der Waals surface area contributed by atoms with Crippen molar-refractivity contribution in [2.45, 2.75) is 66.2 Å². The Morgan fingerprint density at radius 1 is 1.35 bits per heavy atom. The molecule has 0 spiro atoms.